The predicted molar refractivity (Wildman–Crippen MR) is 115 cm³/mol. The molecule has 1 aliphatic heterocycles. The first-order chi connectivity index (χ1) is 15.1. The van der Waals surface area contributed by atoms with Crippen LogP contribution in [0.2, 0.25) is 0 Å². The van der Waals surface area contributed by atoms with Gasteiger partial charge in [0, 0.05) is 13.0 Å². The fourth-order valence-electron chi connectivity index (χ4n) is 3.37. The molecule has 0 aliphatic carbocycles. The lowest BCUT2D eigenvalue weighted by Gasteiger charge is -2.25. The number of methoxy groups -OCH3 is 1. The van der Waals surface area contributed by atoms with Crippen LogP contribution in [0.4, 0.5) is 4.79 Å². The number of nitrogens with zero attached hydrogens (tertiary/aromatic N) is 1. The van der Waals surface area contributed by atoms with Crippen molar-refractivity contribution in [3.8, 4) is 0 Å². The minimum Gasteiger partial charge on any atom is -0.467 e. The fourth-order valence-corrected chi connectivity index (χ4v) is 3.37. The van der Waals surface area contributed by atoms with Gasteiger partial charge in [-0.15, -0.1) is 0 Å². The van der Waals surface area contributed by atoms with Crippen molar-refractivity contribution in [2.24, 2.45) is 0 Å². The molecular weight excluding hydrogens is 416 g/mol. The molecule has 176 valence electrons. The van der Waals surface area contributed by atoms with Gasteiger partial charge in [0.15, 0.2) is 0 Å². The average Bonchev–Trinajstić information content (AvgIpc) is 3.24. The number of rotatable bonds is 8. The van der Waals surface area contributed by atoms with E-state index >= 15 is 0 Å². The molecule has 1 aromatic carbocycles. The van der Waals surface area contributed by atoms with E-state index in [1.54, 1.807) is 20.8 Å². The van der Waals surface area contributed by atoms with Crippen LogP contribution in [0.15, 0.2) is 30.3 Å². The molecule has 2 atom stereocenters. The lowest BCUT2D eigenvalue weighted by molar-refractivity contribution is -0.155. The van der Waals surface area contributed by atoms with Crippen molar-refractivity contribution < 1.29 is 33.4 Å². The van der Waals surface area contributed by atoms with Gasteiger partial charge in [0.05, 0.1) is 7.11 Å². The van der Waals surface area contributed by atoms with Crippen LogP contribution in [0.3, 0.4) is 0 Å². The second kappa shape index (κ2) is 11.5. The maximum Gasteiger partial charge on any atom is 0.410 e. The Labute approximate surface area is 188 Å². The smallest absolute Gasteiger partial charge is 0.410 e. The molecule has 0 saturated carbocycles. The van der Waals surface area contributed by atoms with Gasteiger partial charge in [-0.2, -0.15) is 0 Å². The summed E-state index contributed by atoms with van der Waals surface area (Å²) in [5.41, 5.74) is 0.194. The Hall–Kier alpha value is -3.10. The van der Waals surface area contributed by atoms with E-state index in [1.807, 2.05) is 30.3 Å². The van der Waals surface area contributed by atoms with Crippen molar-refractivity contribution in [3.05, 3.63) is 35.9 Å². The SMILES string of the molecule is COC(=O)[C@@H](CCC(=O)OC(C)(C)C)NC(=O)[C@H]1CCCN1C(=O)OCc1ccccc1. The molecule has 0 radical (unpaired) electrons. The third-order valence-electron chi connectivity index (χ3n) is 4.85. The summed E-state index contributed by atoms with van der Waals surface area (Å²) in [6.45, 7) is 5.72. The van der Waals surface area contributed by atoms with Crippen LogP contribution >= 0.6 is 0 Å². The average molecular weight is 449 g/mol. The first-order valence-corrected chi connectivity index (χ1v) is 10.7. The summed E-state index contributed by atoms with van der Waals surface area (Å²) in [5.74, 6) is -1.63. The minimum atomic E-state index is -1.03. The normalized spacial score (nSPS) is 16.8. The summed E-state index contributed by atoms with van der Waals surface area (Å²) >= 11 is 0. The van der Waals surface area contributed by atoms with Crippen LogP contribution < -0.4 is 5.32 Å². The van der Waals surface area contributed by atoms with Gasteiger partial charge in [0.2, 0.25) is 5.91 Å². The second-order valence-electron chi connectivity index (χ2n) is 8.60. The van der Waals surface area contributed by atoms with Crippen molar-refractivity contribution in [1.82, 2.24) is 10.2 Å². The van der Waals surface area contributed by atoms with Gasteiger partial charge < -0.3 is 19.5 Å². The maximum atomic E-state index is 12.9. The molecule has 0 aromatic heterocycles. The van der Waals surface area contributed by atoms with E-state index in [-0.39, 0.29) is 19.4 Å². The number of benzene rings is 1. The number of esters is 2. The Morgan fingerprint density at radius 1 is 1.16 bits per heavy atom. The summed E-state index contributed by atoms with van der Waals surface area (Å²) in [7, 11) is 1.21. The van der Waals surface area contributed by atoms with E-state index in [9.17, 15) is 19.2 Å². The number of likely N-dealkylation sites (tertiary alicyclic amines) is 1. The van der Waals surface area contributed by atoms with E-state index in [0.29, 0.717) is 19.4 Å². The van der Waals surface area contributed by atoms with Crippen molar-refractivity contribution in [1.29, 1.82) is 0 Å². The first-order valence-electron chi connectivity index (χ1n) is 10.7. The molecule has 1 aromatic rings. The number of hydrogen-bond donors (Lipinski definition) is 1. The standard InChI is InChI=1S/C23H32N2O7/c1-23(2,3)32-19(26)13-12-17(21(28)30-4)24-20(27)18-11-8-14-25(18)22(29)31-15-16-9-6-5-7-10-16/h5-7,9-10,17-18H,8,11-15H2,1-4H3,(H,24,27)/t17-,18-/m1/s1. The van der Waals surface area contributed by atoms with Crippen LogP contribution in [0.25, 0.3) is 0 Å². The number of carbonyl (C=O) groups excluding carboxylic acids is 4. The molecule has 9 nitrogen and oxygen atoms in total. The number of ether oxygens (including phenoxy) is 3. The van der Waals surface area contributed by atoms with Crippen LogP contribution in [0.1, 0.15) is 52.0 Å². The first kappa shape index (κ1) is 25.2. The molecular formula is C23H32N2O7. The number of amides is 2. The Bertz CT molecular complexity index is 804. The monoisotopic (exact) mass is 448 g/mol. The number of hydrogen-bond acceptors (Lipinski definition) is 7. The lowest BCUT2D eigenvalue weighted by atomic mass is 10.1. The molecule has 1 saturated heterocycles. The highest BCUT2D eigenvalue weighted by atomic mass is 16.6. The van der Waals surface area contributed by atoms with Crippen LogP contribution in [0, 0.1) is 0 Å². The van der Waals surface area contributed by atoms with Crippen molar-refractivity contribution in [2.75, 3.05) is 13.7 Å². The molecule has 1 aliphatic rings. The third kappa shape index (κ3) is 7.86. The molecule has 2 rings (SSSR count). The van der Waals surface area contributed by atoms with Gasteiger partial charge in [0.25, 0.3) is 0 Å². The predicted octanol–water partition coefficient (Wildman–Crippen LogP) is 2.57. The highest BCUT2D eigenvalue weighted by Crippen LogP contribution is 2.20. The molecule has 32 heavy (non-hydrogen) atoms. The molecule has 1 N–H and O–H groups in total. The second-order valence-corrected chi connectivity index (χ2v) is 8.60. The molecule has 1 heterocycles. The molecule has 0 unspecified atom stereocenters. The Balaban J connectivity index is 1.94. The van der Waals surface area contributed by atoms with Crippen LogP contribution in [0.5, 0.6) is 0 Å². The van der Waals surface area contributed by atoms with E-state index in [0.717, 1.165) is 5.56 Å². The van der Waals surface area contributed by atoms with Gasteiger partial charge in [-0.25, -0.2) is 9.59 Å². The van der Waals surface area contributed by atoms with Gasteiger partial charge >= 0.3 is 18.0 Å². The third-order valence-corrected chi connectivity index (χ3v) is 4.85. The minimum absolute atomic E-state index is 0.0263. The quantitative estimate of drug-likeness (QED) is 0.481. The van der Waals surface area contributed by atoms with Crippen LogP contribution in [-0.2, 0) is 35.2 Å². The summed E-state index contributed by atoms with van der Waals surface area (Å²) in [6.07, 6.45) is 0.462. The summed E-state index contributed by atoms with van der Waals surface area (Å²) in [5, 5.41) is 2.62. The highest BCUT2D eigenvalue weighted by molar-refractivity contribution is 5.90. The lowest BCUT2D eigenvalue weighted by Crippen LogP contribution is -2.51. The molecule has 0 spiro atoms. The van der Waals surface area contributed by atoms with E-state index in [1.165, 1.54) is 12.0 Å². The maximum absolute atomic E-state index is 12.9. The van der Waals surface area contributed by atoms with Crippen molar-refractivity contribution in [3.63, 3.8) is 0 Å². The molecule has 1 fully saturated rings. The highest BCUT2D eigenvalue weighted by Gasteiger charge is 2.37. The Kier molecular flexibility index (Phi) is 9.04. The number of carbonyl (C=O) groups is 4. The van der Waals surface area contributed by atoms with Crippen molar-refractivity contribution in [2.45, 2.75) is 70.7 Å². The molecule has 0 bridgehead atoms. The zero-order valence-corrected chi connectivity index (χ0v) is 19.1. The molecule has 2 amide bonds. The zero-order chi connectivity index (χ0) is 23.7. The van der Waals surface area contributed by atoms with Gasteiger partial charge in [-0.3, -0.25) is 14.5 Å². The summed E-state index contributed by atoms with van der Waals surface area (Å²) in [4.78, 5) is 50.9. The summed E-state index contributed by atoms with van der Waals surface area (Å²) in [6, 6.07) is 7.46. The Morgan fingerprint density at radius 3 is 2.47 bits per heavy atom. The number of nitrogens with one attached hydrogen (secondary N) is 1. The van der Waals surface area contributed by atoms with E-state index < -0.39 is 41.6 Å². The van der Waals surface area contributed by atoms with Crippen LogP contribution in [-0.4, -0.2) is 60.2 Å². The van der Waals surface area contributed by atoms with Gasteiger partial charge in [-0.1, -0.05) is 30.3 Å². The largest absolute Gasteiger partial charge is 0.467 e. The van der Waals surface area contributed by atoms with E-state index in [2.05, 4.69) is 5.32 Å². The Morgan fingerprint density at radius 2 is 1.84 bits per heavy atom. The fraction of sp³-hybridized carbons (Fsp3) is 0.565. The molecule has 9 heteroatoms. The zero-order valence-electron chi connectivity index (χ0n) is 19.1. The van der Waals surface area contributed by atoms with Gasteiger partial charge in [-0.05, 0) is 45.6 Å². The van der Waals surface area contributed by atoms with Gasteiger partial charge in [0.1, 0.15) is 24.3 Å². The summed E-state index contributed by atoms with van der Waals surface area (Å²) < 4.78 is 15.4. The van der Waals surface area contributed by atoms with E-state index in [4.69, 9.17) is 14.2 Å². The van der Waals surface area contributed by atoms with Crippen molar-refractivity contribution >= 4 is 23.9 Å². The topological polar surface area (TPSA) is 111 Å².